The van der Waals surface area contributed by atoms with Crippen LogP contribution in [0.15, 0.2) is 12.7 Å². The Morgan fingerprint density at radius 1 is 1.58 bits per heavy atom. The van der Waals surface area contributed by atoms with Crippen molar-refractivity contribution in [3.8, 4) is 0 Å². The maximum absolute atomic E-state index is 11.5. The Balaban J connectivity index is 2.24. The van der Waals surface area contributed by atoms with Crippen LogP contribution in [0.4, 0.5) is 0 Å². The molecule has 1 rings (SSSR count). The smallest absolute Gasteiger partial charge is 0.146 e. The van der Waals surface area contributed by atoms with Crippen molar-refractivity contribution in [2.24, 2.45) is 0 Å². The summed E-state index contributed by atoms with van der Waals surface area (Å²) in [5.74, 6) is 3.76. The molecule has 1 aliphatic heterocycles. The predicted octanol–water partition coefficient (Wildman–Crippen LogP) is 2.37. The summed E-state index contributed by atoms with van der Waals surface area (Å²) >= 11 is 3.71. The zero-order valence-electron chi connectivity index (χ0n) is 7.12. The Bertz CT molecular complexity index is 162. The maximum atomic E-state index is 11.5. The fourth-order valence-corrected chi connectivity index (χ4v) is 3.76. The molecule has 12 heavy (non-hydrogen) atoms. The average Bonchev–Trinajstić information content (AvgIpc) is 2.15. The summed E-state index contributed by atoms with van der Waals surface area (Å²) in [6.07, 6.45) is 3.33. The number of carbonyl (C=O) groups excluding carboxylic acids is 1. The van der Waals surface area contributed by atoms with Crippen molar-refractivity contribution >= 4 is 29.3 Å². The summed E-state index contributed by atoms with van der Waals surface area (Å²) < 4.78 is 0. The standard InChI is InChI=1S/C9H14OS2/c1-2-3-4-8(10)9-7-11-5-6-12-9/h2,9H,1,3-7H2. The lowest BCUT2D eigenvalue weighted by atomic mass is 10.2. The topological polar surface area (TPSA) is 17.1 Å². The number of hydrogen-bond donors (Lipinski definition) is 0. The van der Waals surface area contributed by atoms with E-state index >= 15 is 0 Å². The monoisotopic (exact) mass is 202 g/mol. The normalized spacial score (nSPS) is 23.5. The van der Waals surface area contributed by atoms with E-state index in [1.54, 1.807) is 0 Å². The fourth-order valence-electron chi connectivity index (χ4n) is 1.08. The van der Waals surface area contributed by atoms with Gasteiger partial charge in [-0.1, -0.05) is 6.08 Å². The van der Waals surface area contributed by atoms with Crippen molar-refractivity contribution < 1.29 is 4.79 Å². The van der Waals surface area contributed by atoms with Gasteiger partial charge >= 0.3 is 0 Å². The first kappa shape index (κ1) is 10.2. The van der Waals surface area contributed by atoms with Gasteiger partial charge < -0.3 is 0 Å². The molecule has 0 spiro atoms. The summed E-state index contributed by atoms with van der Waals surface area (Å²) in [5, 5.41) is 0.267. The molecule has 0 aromatic carbocycles. The van der Waals surface area contributed by atoms with Crippen molar-refractivity contribution in [1.29, 1.82) is 0 Å². The van der Waals surface area contributed by atoms with E-state index < -0.39 is 0 Å². The highest BCUT2D eigenvalue weighted by Gasteiger charge is 2.20. The van der Waals surface area contributed by atoms with Crippen LogP contribution in [0.3, 0.4) is 0 Å². The van der Waals surface area contributed by atoms with E-state index in [1.807, 2.05) is 29.6 Å². The molecule has 0 aromatic heterocycles. The summed E-state index contributed by atoms with van der Waals surface area (Å²) in [5.41, 5.74) is 0. The highest BCUT2D eigenvalue weighted by atomic mass is 32.2. The molecule has 0 aromatic rings. The van der Waals surface area contributed by atoms with Gasteiger partial charge in [0.25, 0.3) is 0 Å². The van der Waals surface area contributed by atoms with Crippen LogP contribution in [-0.4, -0.2) is 28.3 Å². The number of allylic oxidation sites excluding steroid dienone is 1. The zero-order valence-corrected chi connectivity index (χ0v) is 8.76. The minimum atomic E-state index is 0.267. The minimum absolute atomic E-state index is 0.267. The molecule has 1 aliphatic rings. The summed E-state index contributed by atoms with van der Waals surface area (Å²) in [6.45, 7) is 3.61. The third-order valence-corrected chi connectivity index (χ3v) is 4.57. The lowest BCUT2D eigenvalue weighted by molar-refractivity contribution is -0.118. The van der Waals surface area contributed by atoms with Crippen molar-refractivity contribution in [1.82, 2.24) is 0 Å². The molecule has 0 bridgehead atoms. The molecule has 1 fully saturated rings. The van der Waals surface area contributed by atoms with Crippen molar-refractivity contribution in [2.75, 3.05) is 17.3 Å². The Kier molecular flexibility index (Phi) is 4.84. The quantitative estimate of drug-likeness (QED) is 0.652. The van der Waals surface area contributed by atoms with Crippen molar-refractivity contribution in [3.63, 3.8) is 0 Å². The Morgan fingerprint density at radius 2 is 2.42 bits per heavy atom. The molecule has 0 N–H and O–H groups in total. The summed E-state index contributed by atoms with van der Waals surface area (Å²) in [4.78, 5) is 11.5. The predicted molar refractivity (Wildman–Crippen MR) is 58.0 cm³/mol. The van der Waals surface area contributed by atoms with Gasteiger partial charge in [-0.2, -0.15) is 11.8 Å². The van der Waals surface area contributed by atoms with E-state index in [1.165, 1.54) is 5.75 Å². The van der Waals surface area contributed by atoms with Gasteiger partial charge in [-0.15, -0.1) is 18.3 Å². The maximum Gasteiger partial charge on any atom is 0.146 e. The number of rotatable bonds is 4. The first-order chi connectivity index (χ1) is 5.84. The first-order valence-corrected chi connectivity index (χ1v) is 6.38. The highest BCUT2D eigenvalue weighted by Crippen LogP contribution is 2.25. The number of hydrogen-bond acceptors (Lipinski definition) is 3. The van der Waals surface area contributed by atoms with E-state index in [0.717, 1.165) is 17.9 Å². The second kappa shape index (κ2) is 5.70. The Hall–Kier alpha value is 0.110. The van der Waals surface area contributed by atoms with Gasteiger partial charge in [0, 0.05) is 23.7 Å². The van der Waals surface area contributed by atoms with Gasteiger partial charge in [0.15, 0.2) is 0 Å². The van der Waals surface area contributed by atoms with Crippen LogP contribution in [0.1, 0.15) is 12.8 Å². The molecule has 1 atom stereocenters. The second-order valence-corrected chi connectivity index (χ2v) is 5.19. The molecular formula is C9H14OS2. The zero-order chi connectivity index (χ0) is 8.81. The SMILES string of the molecule is C=CCCC(=O)C1CSCCS1. The third-order valence-electron chi connectivity index (χ3n) is 1.77. The van der Waals surface area contributed by atoms with E-state index in [-0.39, 0.29) is 5.25 Å². The molecule has 0 aliphatic carbocycles. The Labute approximate surface area is 82.4 Å². The largest absolute Gasteiger partial charge is 0.298 e. The summed E-state index contributed by atoms with van der Waals surface area (Å²) in [6, 6.07) is 0. The van der Waals surface area contributed by atoms with Crippen LogP contribution in [-0.2, 0) is 4.79 Å². The van der Waals surface area contributed by atoms with E-state index in [0.29, 0.717) is 12.2 Å². The second-order valence-electron chi connectivity index (χ2n) is 2.73. The average molecular weight is 202 g/mol. The van der Waals surface area contributed by atoms with E-state index in [9.17, 15) is 4.79 Å². The molecule has 1 saturated heterocycles. The fraction of sp³-hybridized carbons (Fsp3) is 0.667. The van der Waals surface area contributed by atoms with Crippen molar-refractivity contribution in [2.45, 2.75) is 18.1 Å². The van der Waals surface area contributed by atoms with E-state index in [2.05, 4.69) is 6.58 Å². The van der Waals surface area contributed by atoms with Crippen LogP contribution in [0.25, 0.3) is 0 Å². The van der Waals surface area contributed by atoms with Gasteiger partial charge in [0.1, 0.15) is 5.78 Å². The van der Waals surface area contributed by atoms with Gasteiger partial charge in [0.05, 0.1) is 5.25 Å². The molecule has 1 unspecified atom stereocenters. The molecule has 0 radical (unpaired) electrons. The van der Waals surface area contributed by atoms with Gasteiger partial charge in [-0.25, -0.2) is 0 Å². The molecule has 1 nitrogen and oxygen atoms in total. The van der Waals surface area contributed by atoms with Crippen molar-refractivity contribution in [3.05, 3.63) is 12.7 Å². The molecule has 3 heteroatoms. The highest BCUT2D eigenvalue weighted by molar-refractivity contribution is 8.07. The van der Waals surface area contributed by atoms with Gasteiger partial charge in [-0.3, -0.25) is 4.79 Å². The lowest BCUT2D eigenvalue weighted by Gasteiger charge is -2.19. The minimum Gasteiger partial charge on any atom is -0.298 e. The molecule has 1 heterocycles. The molecular weight excluding hydrogens is 188 g/mol. The number of Topliss-reactive ketones (excluding diaryl/α,β-unsaturated/α-hetero) is 1. The van der Waals surface area contributed by atoms with Crippen LogP contribution in [0, 0.1) is 0 Å². The molecule has 68 valence electrons. The van der Waals surface area contributed by atoms with Crippen LogP contribution in [0.2, 0.25) is 0 Å². The summed E-state index contributed by atoms with van der Waals surface area (Å²) in [7, 11) is 0. The number of thioether (sulfide) groups is 2. The first-order valence-electron chi connectivity index (χ1n) is 4.17. The number of carbonyl (C=O) groups is 1. The van der Waals surface area contributed by atoms with Gasteiger partial charge in [0.2, 0.25) is 0 Å². The lowest BCUT2D eigenvalue weighted by Crippen LogP contribution is -2.23. The van der Waals surface area contributed by atoms with Crippen LogP contribution >= 0.6 is 23.5 Å². The van der Waals surface area contributed by atoms with Crippen LogP contribution < -0.4 is 0 Å². The Morgan fingerprint density at radius 3 is 3.00 bits per heavy atom. The van der Waals surface area contributed by atoms with E-state index in [4.69, 9.17) is 0 Å². The van der Waals surface area contributed by atoms with Gasteiger partial charge in [-0.05, 0) is 6.42 Å². The van der Waals surface area contributed by atoms with Crippen LogP contribution in [0.5, 0.6) is 0 Å². The molecule has 0 amide bonds. The molecule has 0 saturated carbocycles. The third kappa shape index (κ3) is 3.23. The number of ketones is 1.